The van der Waals surface area contributed by atoms with Crippen LogP contribution in [0.1, 0.15) is 6.92 Å². The van der Waals surface area contributed by atoms with Crippen LogP contribution in [0.5, 0.6) is 0 Å². The third-order valence-electron chi connectivity index (χ3n) is 2.68. The van der Waals surface area contributed by atoms with E-state index in [0.717, 1.165) is 4.70 Å². The lowest BCUT2D eigenvalue weighted by atomic mass is 10.1. The van der Waals surface area contributed by atoms with Crippen molar-refractivity contribution in [1.82, 2.24) is 4.98 Å². The maximum absolute atomic E-state index is 11.1. The molecule has 7 nitrogen and oxygen atoms in total. The van der Waals surface area contributed by atoms with E-state index in [-0.39, 0.29) is 17.9 Å². The van der Waals surface area contributed by atoms with E-state index in [1.807, 2.05) is 0 Å². The number of fused-ring (bicyclic) bond motifs is 1. The first-order valence-corrected chi connectivity index (χ1v) is 6.36. The molecular weight excluding hydrogens is 270 g/mol. The molecule has 0 aliphatic carbocycles. The lowest BCUT2D eigenvalue weighted by Crippen LogP contribution is -2.20. The number of carboxylic acids is 1. The van der Waals surface area contributed by atoms with E-state index < -0.39 is 16.8 Å². The average Bonchev–Trinajstić information content (AvgIpc) is 2.82. The highest BCUT2D eigenvalue weighted by Gasteiger charge is 2.21. The van der Waals surface area contributed by atoms with Crippen LogP contribution in [0.25, 0.3) is 10.2 Å². The van der Waals surface area contributed by atoms with Crippen LogP contribution in [-0.4, -0.2) is 27.5 Å². The molecule has 19 heavy (non-hydrogen) atoms. The van der Waals surface area contributed by atoms with Gasteiger partial charge in [-0.3, -0.25) is 14.9 Å². The highest BCUT2D eigenvalue weighted by atomic mass is 32.1. The quantitative estimate of drug-likeness (QED) is 0.643. The Morgan fingerprint density at radius 1 is 1.63 bits per heavy atom. The van der Waals surface area contributed by atoms with E-state index >= 15 is 0 Å². The van der Waals surface area contributed by atoms with Gasteiger partial charge in [-0.1, -0.05) is 6.92 Å². The average molecular weight is 281 g/mol. The Morgan fingerprint density at radius 3 is 3.00 bits per heavy atom. The number of nitro groups is 1. The van der Waals surface area contributed by atoms with Crippen molar-refractivity contribution in [3.63, 3.8) is 0 Å². The second-order valence-corrected chi connectivity index (χ2v) is 4.92. The van der Waals surface area contributed by atoms with E-state index in [4.69, 9.17) is 5.11 Å². The third kappa shape index (κ3) is 2.63. The Kier molecular flexibility index (Phi) is 3.61. The molecule has 0 aliphatic heterocycles. The predicted octanol–water partition coefficient (Wildman–Crippen LogP) is 2.34. The molecule has 0 fully saturated rings. The molecule has 1 heterocycles. The molecule has 0 saturated heterocycles. The predicted molar refractivity (Wildman–Crippen MR) is 71.6 cm³/mol. The molecule has 1 aromatic carbocycles. The minimum atomic E-state index is -0.954. The van der Waals surface area contributed by atoms with Crippen molar-refractivity contribution >= 4 is 38.9 Å². The SMILES string of the molecule is CC(CNc1ccc2scnc2c1[N+](=O)[O-])C(=O)O. The summed E-state index contributed by atoms with van der Waals surface area (Å²) in [5, 5.41) is 22.7. The van der Waals surface area contributed by atoms with Crippen LogP contribution >= 0.6 is 11.3 Å². The maximum atomic E-state index is 11.1. The van der Waals surface area contributed by atoms with Gasteiger partial charge in [0.2, 0.25) is 0 Å². The molecule has 0 spiro atoms. The zero-order valence-electron chi connectivity index (χ0n) is 9.99. The largest absolute Gasteiger partial charge is 0.481 e. The molecule has 1 atom stereocenters. The fourth-order valence-corrected chi connectivity index (χ4v) is 2.27. The molecule has 0 aliphatic rings. The molecule has 8 heteroatoms. The summed E-state index contributed by atoms with van der Waals surface area (Å²) < 4.78 is 0.725. The third-order valence-corrected chi connectivity index (χ3v) is 3.47. The maximum Gasteiger partial charge on any atom is 0.319 e. The summed E-state index contributed by atoms with van der Waals surface area (Å²) >= 11 is 1.32. The normalized spacial score (nSPS) is 12.3. The molecule has 100 valence electrons. The Hall–Kier alpha value is -2.22. The van der Waals surface area contributed by atoms with Crippen LogP contribution < -0.4 is 5.32 Å². The number of thiazole rings is 1. The summed E-state index contributed by atoms with van der Waals surface area (Å²) in [5.41, 5.74) is 2.04. The molecule has 0 saturated carbocycles. The minimum Gasteiger partial charge on any atom is -0.481 e. The van der Waals surface area contributed by atoms with E-state index in [9.17, 15) is 14.9 Å². The summed E-state index contributed by atoms with van der Waals surface area (Å²) in [6.45, 7) is 1.65. The number of aliphatic carboxylic acids is 1. The second-order valence-electron chi connectivity index (χ2n) is 4.04. The number of hydrogen-bond acceptors (Lipinski definition) is 6. The van der Waals surface area contributed by atoms with Crippen molar-refractivity contribution in [2.24, 2.45) is 5.92 Å². The zero-order valence-corrected chi connectivity index (χ0v) is 10.8. The fraction of sp³-hybridized carbons (Fsp3) is 0.273. The van der Waals surface area contributed by atoms with Gasteiger partial charge < -0.3 is 10.4 Å². The highest BCUT2D eigenvalue weighted by molar-refractivity contribution is 7.16. The number of aromatic nitrogens is 1. The van der Waals surface area contributed by atoms with Crippen LogP contribution in [0.4, 0.5) is 11.4 Å². The van der Waals surface area contributed by atoms with Crippen LogP contribution in [0.3, 0.4) is 0 Å². The van der Waals surface area contributed by atoms with Gasteiger partial charge >= 0.3 is 11.7 Å². The number of nitrogens with zero attached hydrogens (tertiary/aromatic N) is 2. The molecular formula is C11H11N3O4S. The van der Waals surface area contributed by atoms with Crippen molar-refractivity contribution in [3.05, 3.63) is 27.8 Å². The van der Waals surface area contributed by atoms with E-state index in [1.54, 1.807) is 17.6 Å². The number of rotatable bonds is 5. The molecule has 1 unspecified atom stereocenters. The van der Waals surface area contributed by atoms with Crippen LogP contribution in [-0.2, 0) is 4.79 Å². The number of hydrogen-bond donors (Lipinski definition) is 2. The van der Waals surface area contributed by atoms with E-state index in [2.05, 4.69) is 10.3 Å². The van der Waals surface area contributed by atoms with Crippen molar-refractivity contribution in [3.8, 4) is 0 Å². The van der Waals surface area contributed by atoms with Gasteiger partial charge in [0.05, 0.1) is 21.1 Å². The summed E-state index contributed by atoms with van der Waals surface area (Å²) in [4.78, 5) is 25.3. The van der Waals surface area contributed by atoms with Crippen molar-refractivity contribution < 1.29 is 14.8 Å². The number of carboxylic acid groups (broad SMARTS) is 1. The minimum absolute atomic E-state index is 0.115. The molecule has 0 radical (unpaired) electrons. The monoisotopic (exact) mass is 281 g/mol. The van der Waals surface area contributed by atoms with Gasteiger partial charge in [-0.25, -0.2) is 4.98 Å². The Bertz CT molecular complexity index is 640. The second kappa shape index (κ2) is 5.19. The standard InChI is InChI=1S/C11H11N3O4S/c1-6(11(15)16)4-12-7-2-3-8-9(13-5-19-8)10(7)14(17)18/h2-3,5-6,12H,4H2,1H3,(H,15,16). The van der Waals surface area contributed by atoms with Crippen molar-refractivity contribution in [1.29, 1.82) is 0 Å². The summed E-state index contributed by atoms with van der Waals surface area (Å²) in [7, 11) is 0. The molecule has 2 rings (SSSR count). The number of nitrogens with one attached hydrogen (secondary N) is 1. The van der Waals surface area contributed by atoms with Gasteiger partial charge in [0.25, 0.3) is 0 Å². The van der Waals surface area contributed by atoms with Gasteiger partial charge in [0, 0.05) is 6.54 Å². The number of carbonyl (C=O) groups is 1. The summed E-state index contributed by atoms with van der Waals surface area (Å²) in [6.07, 6.45) is 0. The summed E-state index contributed by atoms with van der Waals surface area (Å²) in [5.74, 6) is -1.59. The number of anilines is 1. The van der Waals surface area contributed by atoms with Gasteiger partial charge in [-0.2, -0.15) is 0 Å². The summed E-state index contributed by atoms with van der Waals surface area (Å²) in [6, 6.07) is 3.31. The lowest BCUT2D eigenvalue weighted by molar-refractivity contribution is -0.382. The van der Waals surface area contributed by atoms with Crippen LogP contribution in [0, 0.1) is 16.0 Å². The highest BCUT2D eigenvalue weighted by Crippen LogP contribution is 2.34. The zero-order chi connectivity index (χ0) is 14.0. The van der Waals surface area contributed by atoms with Crippen LogP contribution in [0.15, 0.2) is 17.6 Å². The van der Waals surface area contributed by atoms with Crippen molar-refractivity contribution in [2.75, 3.05) is 11.9 Å². The molecule has 2 aromatic rings. The van der Waals surface area contributed by atoms with Gasteiger partial charge in [0.1, 0.15) is 5.69 Å². The Morgan fingerprint density at radius 2 is 2.37 bits per heavy atom. The lowest BCUT2D eigenvalue weighted by Gasteiger charge is -2.10. The smallest absolute Gasteiger partial charge is 0.319 e. The van der Waals surface area contributed by atoms with E-state index in [0.29, 0.717) is 5.52 Å². The first-order chi connectivity index (χ1) is 9.00. The van der Waals surface area contributed by atoms with Gasteiger partial charge in [-0.15, -0.1) is 11.3 Å². The Labute approximate surface area is 112 Å². The molecule has 1 aromatic heterocycles. The van der Waals surface area contributed by atoms with E-state index in [1.165, 1.54) is 18.3 Å². The fourth-order valence-electron chi connectivity index (χ4n) is 1.59. The van der Waals surface area contributed by atoms with Crippen LogP contribution in [0.2, 0.25) is 0 Å². The number of nitro benzene ring substituents is 1. The van der Waals surface area contributed by atoms with Crippen molar-refractivity contribution in [2.45, 2.75) is 6.92 Å². The molecule has 0 amide bonds. The first-order valence-electron chi connectivity index (χ1n) is 5.48. The topological polar surface area (TPSA) is 105 Å². The van der Waals surface area contributed by atoms with Gasteiger partial charge in [-0.05, 0) is 12.1 Å². The molecule has 2 N–H and O–H groups in total. The molecule has 0 bridgehead atoms. The number of benzene rings is 1. The first kappa shape index (κ1) is 13.2. The Balaban J connectivity index is 2.34. The van der Waals surface area contributed by atoms with Gasteiger partial charge in [0.15, 0.2) is 5.52 Å².